The number of carbonyl (C=O) groups excluding carboxylic acids is 1. The van der Waals surface area contributed by atoms with Crippen LogP contribution >= 0.6 is 0 Å². The van der Waals surface area contributed by atoms with Crippen LogP contribution in [0.4, 0.5) is 0 Å². The highest BCUT2D eigenvalue weighted by molar-refractivity contribution is 5.80. The van der Waals surface area contributed by atoms with E-state index >= 15 is 0 Å². The largest absolute Gasteiger partial charge is 0.464 e. The quantitative estimate of drug-likeness (QED) is 0.556. The highest BCUT2D eigenvalue weighted by atomic mass is 16.6. The molecular formula is C11H19NO3. The van der Waals surface area contributed by atoms with Gasteiger partial charge in [-0.15, -0.1) is 6.58 Å². The minimum absolute atomic E-state index is 0.291. The molecular weight excluding hydrogens is 194 g/mol. The van der Waals surface area contributed by atoms with Crippen molar-refractivity contribution in [2.45, 2.75) is 25.9 Å². The van der Waals surface area contributed by atoms with E-state index in [0.29, 0.717) is 26.2 Å². The molecule has 0 spiro atoms. The van der Waals surface area contributed by atoms with Gasteiger partial charge in [-0.3, -0.25) is 0 Å². The van der Waals surface area contributed by atoms with Gasteiger partial charge >= 0.3 is 5.97 Å². The molecule has 1 aliphatic heterocycles. The second-order valence-corrected chi connectivity index (χ2v) is 3.87. The van der Waals surface area contributed by atoms with Crippen LogP contribution in [0.2, 0.25) is 0 Å². The summed E-state index contributed by atoms with van der Waals surface area (Å²) in [6, 6.07) is 0. The number of esters is 1. The number of rotatable bonds is 4. The Morgan fingerprint density at radius 3 is 2.87 bits per heavy atom. The first-order valence-electron chi connectivity index (χ1n) is 5.27. The summed E-state index contributed by atoms with van der Waals surface area (Å²) in [6.45, 7) is 9.69. The molecule has 0 radical (unpaired) electrons. The first kappa shape index (κ1) is 12.2. The van der Waals surface area contributed by atoms with Gasteiger partial charge in [0.25, 0.3) is 0 Å². The summed E-state index contributed by atoms with van der Waals surface area (Å²) in [5.41, 5.74) is 0.0619. The van der Waals surface area contributed by atoms with Crippen LogP contribution in [-0.4, -0.2) is 37.9 Å². The third-order valence-electron chi connectivity index (χ3n) is 2.30. The van der Waals surface area contributed by atoms with Crippen LogP contribution in [0.1, 0.15) is 20.3 Å². The summed E-state index contributed by atoms with van der Waals surface area (Å²) in [6.07, 6.45) is 0.513. The molecule has 1 rings (SSSR count). The van der Waals surface area contributed by atoms with Crippen molar-refractivity contribution in [3.05, 3.63) is 12.2 Å². The summed E-state index contributed by atoms with van der Waals surface area (Å²) in [7, 11) is 0. The molecule has 86 valence electrons. The Balaban J connectivity index is 2.74. The smallest absolute Gasteiger partial charge is 0.340 e. The van der Waals surface area contributed by atoms with Crippen molar-refractivity contribution in [3.63, 3.8) is 0 Å². The van der Waals surface area contributed by atoms with E-state index in [0.717, 1.165) is 12.1 Å². The average Bonchev–Trinajstić information content (AvgIpc) is 2.18. The van der Waals surface area contributed by atoms with Crippen LogP contribution in [0.15, 0.2) is 12.2 Å². The van der Waals surface area contributed by atoms with Crippen molar-refractivity contribution in [1.82, 2.24) is 5.32 Å². The minimum Gasteiger partial charge on any atom is -0.464 e. The molecule has 1 saturated heterocycles. The standard InChI is InChI=1S/C11H19NO3/c1-4-14-10(13)11(7-9(2)3)8-12-5-6-15-11/h12H,2,4-8H2,1,3H3. The van der Waals surface area contributed by atoms with E-state index in [1.54, 1.807) is 6.92 Å². The first-order valence-corrected chi connectivity index (χ1v) is 5.27. The topological polar surface area (TPSA) is 47.6 Å². The number of ether oxygens (including phenoxy) is 2. The Hall–Kier alpha value is -0.870. The summed E-state index contributed by atoms with van der Waals surface area (Å²) in [4.78, 5) is 11.8. The highest BCUT2D eigenvalue weighted by Gasteiger charge is 2.42. The van der Waals surface area contributed by atoms with Gasteiger partial charge in [0.2, 0.25) is 0 Å². The van der Waals surface area contributed by atoms with E-state index in [1.807, 2.05) is 6.92 Å². The lowest BCUT2D eigenvalue weighted by atomic mass is 9.94. The van der Waals surface area contributed by atoms with Crippen LogP contribution in [0.3, 0.4) is 0 Å². The molecule has 0 aromatic carbocycles. The summed E-state index contributed by atoms with van der Waals surface area (Å²) < 4.78 is 10.6. The molecule has 1 heterocycles. The second-order valence-electron chi connectivity index (χ2n) is 3.87. The van der Waals surface area contributed by atoms with Crippen molar-refractivity contribution < 1.29 is 14.3 Å². The molecule has 1 unspecified atom stereocenters. The Morgan fingerprint density at radius 2 is 2.40 bits per heavy atom. The zero-order chi connectivity index (χ0) is 11.3. The fourth-order valence-corrected chi connectivity index (χ4v) is 1.73. The second kappa shape index (κ2) is 5.28. The molecule has 1 N–H and O–H groups in total. The van der Waals surface area contributed by atoms with Crippen molar-refractivity contribution in [1.29, 1.82) is 0 Å². The van der Waals surface area contributed by atoms with E-state index in [2.05, 4.69) is 11.9 Å². The molecule has 1 fully saturated rings. The van der Waals surface area contributed by atoms with Crippen molar-refractivity contribution in [3.8, 4) is 0 Å². The maximum absolute atomic E-state index is 11.8. The van der Waals surface area contributed by atoms with Crippen LogP contribution < -0.4 is 5.32 Å². The van der Waals surface area contributed by atoms with Gasteiger partial charge in [0, 0.05) is 19.5 Å². The summed E-state index contributed by atoms with van der Waals surface area (Å²) >= 11 is 0. The van der Waals surface area contributed by atoms with Gasteiger partial charge in [-0.05, 0) is 13.8 Å². The summed E-state index contributed by atoms with van der Waals surface area (Å²) in [5.74, 6) is -0.291. The van der Waals surface area contributed by atoms with Gasteiger partial charge in [0.05, 0.1) is 13.2 Å². The molecule has 0 aromatic rings. The zero-order valence-electron chi connectivity index (χ0n) is 9.47. The third-order valence-corrected chi connectivity index (χ3v) is 2.30. The maximum Gasteiger partial charge on any atom is 0.340 e. The normalized spacial score (nSPS) is 26.0. The van der Waals surface area contributed by atoms with Crippen LogP contribution in [0.5, 0.6) is 0 Å². The fourth-order valence-electron chi connectivity index (χ4n) is 1.73. The predicted molar refractivity (Wildman–Crippen MR) is 57.6 cm³/mol. The maximum atomic E-state index is 11.8. The Bertz CT molecular complexity index is 244. The van der Waals surface area contributed by atoms with Crippen molar-refractivity contribution in [2.24, 2.45) is 0 Å². The number of morpholine rings is 1. The Labute approximate surface area is 90.6 Å². The van der Waals surface area contributed by atoms with E-state index in [-0.39, 0.29) is 5.97 Å². The van der Waals surface area contributed by atoms with Gasteiger partial charge < -0.3 is 14.8 Å². The number of nitrogens with one attached hydrogen (secondary N) is 1. The monoisotopic (exact) mass is 213 g/mol. The molecule has 4 nitrogen and oxygen atoms in total. The SMILES string of the molecule is C=C(C)CC1(C(=O)OCC)CNCCO1. The van der Waals surface area contributed by atoms with Gasteiger partial charge in [-0.1, -0.05) is 5.57 Å². The predicted octanol–water partition coefficient (Wildman–Crippen LogP) is 0.874. The molecule has 0 bridgehead atoms. The van der Waals surface area contributed by atoms with E-state index in [9.17, 15) is 4.79 Å². The molecule has 0 aliphatic carbocycles. The van der Waals surface area contributed by atoms with Crippen LogP contribution in [-0.2, 0) is 14.3 Å². The molecule has 15 heavy (non-hydrogen) atoms. The van der Waals surface area contributed by atoms with Crippen molar-refractivity contribution >= 4 is 5.97 Å². The molecule has 1 aliphatic rings. The average molecular weight is 213 g/mol. The summed E-state index contributed by atoms with van der Waals surface area (Å²) in [5, 5.41) is 3.15. The van der Waals surface area contributed by atoms with Crippen molar-refractivity contribution in [2.75, 3.05) is 26.3 Å². The number of hydrogen-bond donors (Lipinski definition) is 1. The Kier molecular flexibility index (Phi) is 4.29. The molecule has 0 aromatic heterocycles. The fraction of sp³-hybridized carbons (Fsp3) is 0.727. The van der Waals surface area contributed by atoms with Crippen LogP contribution in [0.25, 0.3) is 0 Å². The minimum atomic E-state index is -0.861. The lowest BCUT2D eigenvalue weighted by Gasteiger charge is -2.35. The molecule has 4 heteroatoms. The van der Waals surface area contributed by atoms with Gasteiger partial charge in [-0.2, -0.15) is 0 Å². The molecule has 0 saturated carbocycles. The van der Waals surface area contributed by atoms with Gasteiger partial charge in [0.15, 0.2) is 5.60 Å². The van der Waals surface area contributed by atoms with Gasteiger partial charge in [0.1, 0.15) is 0 Å². The molecule has 0 amide bonds. The Morgan fingerprint density at radius 1 is 1.67 bits per heavy atom. The van der Waals surface area contributed by atoms with Gasteiger partial charge in [-0.25, -0.2) is 4.79 Å². The molecule has 1 atom stereocenters. The lowest BCUT2D eigenvalue weighted by Crippen LogP contribution is -2.55. The first-order chi connectivity index (χ1) is 7.10. The lowest BCUT2D eigenvalue weighted by molar-refractivity contribution is -0.175. The van der Waals surface area contributed by atoms with E-state index in [4.69, 9.17) is 9.47 Å². The number of carbonyl (C=O) groups is 1. The highest BCUT2D eigenvalue weighted by Crippen LogP contribution is 2.23. The van der Waals surface area contributed by atoms with Crippen LogP contribution in [0, 0.1) is 0 Å². The zero-order valence-corrected chi connectivity index (χ0v) is 9.47. The van der Waals surface area contributed by atoms with E-state index in [1.165, 1.54) is 0 Å². The number of hydrogen-bond acceptors (Lipinski definition) is 4. The van der Waals surface area contributed by atoms with E-state index < -0.39 is 5.60 Å². The third kappa shape index (κ3) is 3.04.